The van der Waals surface area contributed by atoms with Gasteiger partial charge in [-0.1, -0.05) is 0 Å². The maximum atomic E-state index is 13.0. The molecule has 0 aliphatic rings. The number of rotatable bonds is 5. The molecule has 0 unspecified atom stereocenters. The summed E-state index contributed by atoms with van der Waals surface area (Å²) in [6.07, 6.45) is -7.26. The number of aromatic nitrogens is 3. The van der Waals surface area contributed by atoms with Crippen molar-refractivity contribution < 1.29 is 40.6 Å². The van der Waals surface area contributed by atoms with Crippen molar-refractivity contribution in [2.24, 2.45) is 0 Å². The maximum absolute atomic E-state index is 13.0. The predicted octanol–water partition coefficient (Wildman–Crippen LogP) is 4.28. The standard InChI is InChI=1S/C16H13F6N3O3/c1-9(2)27-13(26)3-4-25-8-23-14(24-25)10-5-11(15(17,18)19)7-12(6-10)28-16(20,21)22/h3-9H,1-2H3/b4-3+. The first kappa shape index (κ1) is 21.3. The van der Waals surface area contributed by atoms with Gasteiger partial charge in [-0.15, -0.1) is 18.3 Å². The highest BCUT2D eigenvalue weighted by Gasteiger charge is 2.35. The molecule has 6 nitrogen and oxygen atoms in total. The summed E-state index contributed by atoms with van der Waals surface area (Å²) in [4.78, 5) is 15.1. The van der Waals surface area contributed by atoms with Gasteiger partial charge in [-0.2, -0.15) is 13.2 Å². The van der Waals surface area contributed by atoms with Crippen LogP contribution in [0.5, 0.6) is 5.75 Å². The lowest BCUT2D eigenvalue weighted by Crippen LogP contribution is -2.18. The Hall–Kier alpha value is -3.05. The molecule has 0 bridgehead atoms. The lowest BCUT2D eigenvalue weighted by atomic mass is 10.1. The molecule has 2 aromatic rings. The number of halogens is 6. The van der Waals surface area contributed by atoms with Gasteiger partial charge >= 0.3 is 18.5 Å². The number of carbonyl (C=O) groups is 1. The third-order valence-electron chi connectivity index (χ3n) is 2.95. The van der Waals surface area contributed by atoms with Crippen LogP contribution in [0.1, 0.15) is 19.4 Å². The highest BCUT2D eigenvalue weighted by atomic mass is 19.4. The van der Waals surface area contributed by atoms with Crippen molar-refractivity contribution in [3.63, 3.8) is 0 Å². The number of carbonyl (C=O) groups excluding carboxylic acids is 1. The molecule has 0 atom stereocenters. The van der Waals surface area contributed by atoms with Gasteiger partial charge in [0.15, 0.2) is 5.82 Å². The molecule has 1 aromatic heterocycles. The largest absolute Gasteiger partial charge is 0.573 e. The van der Waals surface area contributed by atoms with E-state index in [-0.39, 0.29) is 23.6 Å². The van der Waals surface area contributed by atoms with Crippen LogP contribution >= 0.6 is 0 Å². The fraction of sp³-hybridized carbons (Fsp3) is 0.312. The van der Waals surface area contributed by atoms with E-state index in [0.717, 1.165) is 29.4 Å². The summed E-state index contributed by atoms with van der Waals surface area (Å²) < 4.78 is 85.5. The van der Waals surface area contributed by atoms with E-state index in [1.54, 1.807) is 13.8 Å². The molecule has 0 aliphatic carbocycles. The Balaban J connectivity index is 2.34. The van der Waals surface area contributed by atoms with Crippen LogP contribution in [-0.2, 0) is 15.7 Å². The van der Waals surface area contributed by atoms with Crippen molar-refractivity contribution in [1.29, 1.82) is 0 Å². The van der Waals surface area contributed by atoms with Gasteiger partial charge in [-0.25, -0.2) is 14.5 Å². The van der Waals surface area contributed by atoms with Crippen LogP contribution in [0.4, 0.5) is 26.3 Å². The van der Waals surface area contributed by atoms with E-state index >= 15 is 0 Å². The molecule has 12 heteroatoms. The molecule has 2 rings (SSSR count). The van der Waals surface area contributed by atoms with E-state index in [0.29, 0.717) is 6.07 Å². The second kappa shape index (κ2) is 7.90. The van der Waals surface area contributed by atoms with Gasteiger partial charge in [0, 0.05) is 17.8 Å². The summed E-state index contributed by atoms with van der Waals surface area (Å²) in [5.74, 6) is -2.06. The number of alkyl halides is 6. The van der Waals surface area contributed by atoms with Crippen LogP contribution in [0.2, 0.25) is 0 Å². The Labute approximate surface area is 154 Å². The Morgan fingerprint density at radius 3 is 2.39 bits per heavy atom. The Kier molecular flexibility index (Phi) is 6.00. The van der Waals surface area contributed by atoms with Crippen LogP contribution in [0, 0.1) is 0 Å². The quantitative estimate of drug-likeness (QED) is 0.419. The van der Waals surface area contributed by atoms with Crippen molar-refractivity contribution in [2.75, 3.05) is 0 Å². The van der Waals surface area contributed by atoms with E-state index in [4.69, 9.17) is 4.74 Å². The molecule has 152 valence electrons. The first-order chi connectivity index (χ1) is 12.8. The fourth-order valence-electron chi connectivity index (χ4n) is 1.97. The SMILES string of the molecule is CC(C)OC(=O)/C=C/n1cnc(-c2cc(OC(F)(F)F)cc(C(F)(F)F)c2)n1. The highest BCUT2D eigenvalue weighted by molar-refractivity contribution is 5.85. The van der Waals surface area contributed by atoms with Crippen LogP contribution < -0.4 is 4.74 Å². The number of ether oxygens (including phenoxy) is 2. The maximum Gasteiger partial charge on any atom is 0.573 e. The minimum absolute atomic E-state index is 0.218. The molecule has 0 saturated carbocycles. The minimum Gasteiger partial charge on any atom is -0.460 e. The van der Waals surface area contributed by atoms with Gasteiger partial charge in [0.05, 0.1) is 11.7 Å². The van der Waals surface area contributed by atoms with Gasteiger partial charge in [-0.05, 0) is 32.0 Å². The lowest BCUT2D eigenvalue weighted by Gasteiger charge is -2.13. The monoisotopic (exact) mass is 409 g/mol. The topological polar surface area (TPSA) is 66.2 Å². The smallest absolute Gasteiger partial charge is 0.460 e. The number of benzene rings is 1. The normalized spacial score (nSPS) is 12.6. The first-order valence-corrected chi connectivity index (χ1v) is 7.62. The molecule has 0 amide bonds. The molecular weight excluding hydrogens is 396 g/mol. The van der Waals surface area contributed by atoms with Crippen LogP contribution in [0.15, 0.2) is 30.6 Å². The first-order valence-electron chi connectivity index (χ1n) is 7.62. The number of hydrogen-bond acceptors (Lipinski definition) is 5. The molecule has 0 saturated heterocycles. The van der Waals surface area contributed by atoms with E-state index < -0.39 is 29.8 Å². The second-order valence-electron chi connectivity index (χ2n) is 5.64. The van der Waals surface area contributed by atoms with Crippen molar-refractivity contribution in [1.82, 2.24) is 14.8 Å². The zero-order valence-corrected chi connectivity index (χ0v) is 14.4. The molecule has 0 spiro atoms. The predicted molar refractivity (Wildman–Crippen MR) is 83.7 cm³/mol. The van der Waals surface area contributed by atoms with Crippen molar-refractivity contribution in [3.8, 4) is 17.1 Å². The van der Waals surface area contributed by atoms with Crippen LogP contribution in [0.3, 0.4) is 0 Å². The Morgan fingerprint density at radius 1 is 1.14 bits per heavy atom. The zero-order chi connectivity index (χ0) is 21.1. The number of hydrogen-bond donors (Lipinski definition) is 0. The molecule has 0 radical (unpaired) electrons. The van der Waals surface area contributed by atoms with Gasteiger partial charge in [0.1, 0.15) is 12.1 Å². The van der Waals surface area contributed by atoms with E-state index in [2.05, 4.69) is 14.8 Å². The third-order valence-corrected chi connectivity index (χ3v) is 2.95. The fourth-order valence-corrected chi connectivity index (χ4v) is 1.97. The summed E-state index contributed by atoms with van der Waals surface area (Å²) in [6, 6.07) is 1.52. The number of esters is 1. The summed E-state index contributed by atoms with van der Waals surface area (Å²) in [7, 11) is 0. The van der Waals surface area contributed by atoms with E-state index in [1.165, 1.54) is 0 Å². The average molecular weight is 409 g/mol. The summed E-state index contributed by atoms with van der Waals surface area (Å²) >= 11 is 0. The molecule has 1 heterocycles. The van der Waals surface area contributed by atoms with Crippen molar-refractivity contribution >= 4 is 12.2 Å². The Bertz CT molecular complexity index is 871. The molecule has 0 N–H and O–H groups in total. The van der Waals surface area contributed by atoms with Gasteiger partial charge in [-0.3, -0.25) is 0 Å². The summed E-state index contributed by atoms with van der Waals surface area (Å²) in [6.45, 7) is 3.26. The third kappa shape index (κ3) is 6.28. The molecular formula is C16H13F6N3O3. The van der Waals surface area contributed by atoms with E-state index in [1.807, 2.05) is 0 Å². The summed E-state index contributed by atoms with van der Waals surface area (Å²) in [5, 5.41) is 3.80. The van der Waals surface area contributed by atoms with Crippen molar-refractivity contribution in [3.05, 3.63) is 36.2 Å². The van der Waals surface area contributed by atoms with Crippen LogP contribution in [0.25, 0.3) is 17.6 Å². The second-order valence-corrected chi connectivity index (χ2v) is 5.64. The zero-order valence-electron chi connectivity index (χ0n) is 14.4. The molecule has 28 heavy (non-hydrogen) atoms. The van der Waals surface area contributed by atoms with Crippen molar-refractivity contribution in [2.45, 2.75) is 32.5 Å². The number of nitrogens with zero attached hydrogens (tertiary/aromatic N) is 3. The Morgan fingerprint density at radius 2 is 1.82 bits per heavy atom. The van der Waals surface area contributed by atoms with E-state index in [9.17, 15) is 31.1 Å². The van der Waals surface area contributed by atoms with Crippen LogP contribution in [-0.4, -0.2) is 33.2 Å². The van der Waals surface area contributed by atoms with Gasteiger partial charge in [0.2, 0.25) is 0 Å². The molecule has 0 fully saturated rings. The van der Waals surface area contributed by atoms with Gasteiger partial charge < -0.3 is 9.47 Å². The van der Waals surface area contributed by atoms with Gasteiger partial charge in [0.25, 0.3) is 0 Å². The summed E-state index contributed by atoms with van der Waals surface area (Å²) in [5.41, 5.74) is -1.72. The molecule has 1 aromatic carbocycles. The lowest BCUT2D eigenvalue weighted by molar-refractivity contribution is -0.274. The molecule has 0 aliphatic heterocycles. The highest BCUT2D eigenvalue weighted by Crippen LogP contribution is 2.36. The minimum atomic E-state index is -5.17. The average Bonchev–Trinajstić information content (AvgIpc) is 2.98.